The Balaban J connectivity index is 1.90. The Morgan fingerprint density at radius 1 is 1.03 bits per heavy atom. The summed E-state index contributed by atoms with van der Waals surface area (Å²) in [6.07, 6.45) is 0.822. The largest absolute Gasteiger partial charge is 0.507 e. The molecule has 1 fully saturated rings. The highest BCUT2D eigenvalue weighted by Gasteiger charge is 2.47. The smallest absolute Gasteiger partial charge is 0.300 e. The van der Waals surface area contributed by atoms with Gasteiger partial charge in [0, 0.05) is 11.3 Å². The zero-order chi connectivity index (χ0) is 23.5. The van der Waals surface area contributed by atoms with Crippen molar-refractivity contribution in [1.29, 1.82) is 0 Å². The number of hydrogen-bond donors (Lipinski definition) is 1. The lowest BCUT2D eigenvalue weighted by molar-refractivity contribution is -0.132. The van der Waals surface area contributed by atoms with E-state index in [1.807, 2.05) is 26.0 Å². The molecule has 0 saturated carbocycles. The maximum absolute atomic E-state index is 13.7. The molecule has 168 valence electrons. The first-order chi connectivity index (χ1) is 15.9. The fourth-order valence-corrected chi connectivity index (χ4v) is 3.98. The van der Waals surface area contributed by atoms with Crippen molar-refractivity contribution in [2.24, 2.45) is 0 Å². The minimum atomic E-state index is -0.910. The summed E-state index contributed by atoms with van der Waals surface area (Å²) in [5.41, 5.74) is 2.16. The summed E-state index contributed by atoms with van der Waals surface area (Å²) in [6.45, 7) is 4.34. The Bertz CT molecular complexity index is 1230. The monoisotopic (exact) mass is 445 g/mol. The van der Waals surface area contributed by atoms with Gasteiger partial charge in [0.2, 0.25) is 0 Å². The number of hydrogen-bond acceptors (Lipinski definition) is 4. The first kappa shape index (κ1) is 22.3. The third-order valence-electron chi connectivity index (χ3n) is 5.59. The number of ether oxygens (including phenoxy) is 1. The molecule has 1 saturated heterocycles. The molecule has 1 N–H and O–H groups in total. The number of amides is 1. The molecule has 3 aromatic carbocycles. The average Bonchev–Trinajstić information content (AvgIpc) is 3.08. The summed E-state index contributed by atoms with van der Waals surface area (Å²) in [4.78, 5) is 27.8. The lowest BCUT2D eigenvalue weighted by Crippen LogP contribution is -2.30. The zero-order valence-corrected chi connectivity index (χ0v) is 18.4. The Morgan fingerprint density at radius 2 is 1.76 bits per heavy atom. The molecule has 1 aliphatic heterocycles. The predicted octanol–water partition coefficient (Wildman–Crippen LogP) is 5.55. The molecule has 1 aliphatic rings. The Kier molecular flexibility index (Phi) is 6.27. The first-order valence-electron chi connectivity index (χ1n) is 10.8. The Labute approximate surface area is 191 Å². The van der Waals surface area contributed by atoms with Gasteiger partial charge in [0.05, 0.1) is 18.2 Å². The summed E-state index contributed by atoms with van der Waals surface area (Å²) in [5.74, 6) is -1.75. The summed E-state index contributed by atoms with van der Waals surface area (Å²) in [7, 11) is 0. The zero-order valence-electron chi connectivity index (χ0n) is 18.4. The molecule has 0 aliphatic carbocycles. The van der Waals surface area contributed by atoms with Crippen molar-refractivity contribution < 1.29 is 23.8 Å². The number of nitrogens with zero attached hydrogens (tertiary/aromatic N) is 1. The molecule has 33 heavy (non-hydrogen) atoms. The van der Waals surface area contributed by atoms with Crippen LogP contribution in [0, 0.1) is 12.7 Å². The van der Waals surface area contributed by atoms with Crippen LogP contribution in [0.15, 0.2) is 78.4 Å². The van der Waals surface area contributed by atoms with Gasteiger partial charge in [-0.05, 0) is 54.8 Å². The van der Waals surface area contributed by atoms with Gasteiger partial charge in [-0.15, -0.1) is 0 Å². The van der Waals surface area contributed by atoms with E-state index in [4.69, 9.17) is 4.74 Å². The fourth-order valence-electron chi connectivity index (χ4n) is 3.98. The number of rotatable bonds is 6. The van der Waals surface area contributed by atoms with Crippen LogP contribution < -0.4 is 9.64 Å². The van der Waals surface area contributed by atoms with Crippen LogP contribution in [0.25, 0.3) is 5.76 Å². The van der Waals surface area contributed by atoms with Gasteiger partial charge in [-0.3, -0.25) is 14.5 Å². The molecule has 1 atom stereocenters. The second kappa shape index (κ2) is 9.28. The lowest BCUT2D eigenvalue weighted by atomic mass is 9.95. The molecule has 6 heteroatoms. The third-order valence-corrected chi connectivity index (χ3v) is 5.59. The van der Waals surface area contributed by atoms with Crippen molar-refractivity contribution in [3.8, 4) is 5.75 Å². The number of carbonyl (C=O) groups excluding carboxylic acids is 2. The van der Waals surface area contributed by atoms with E-state index >= 15 is 0 Å². The van der Waals surface area contributed by atoms with Crippen molar-refractivity contribution in [1.82, 2.24) is 0 Å². The maximum Gasteiger partial charge on any atom is 0.300 e. The number of ketones is 1. The summed E-state index contributed by atoms with van der Waals surface area (Å²) < 4.78 is 19.3. The van der Waals surface area contributed by atoms with Crippen molar-refractivity contribution in [3.05, 3.63) is 101 Å². The van der Waals surface area contributed by atoms with E-state index in [-0.39, 0.29) is 11.3 Å². The van der Waals surface area contributed by atoms with E-state index in [0.717, 1.165) is 12.0 Å². The van der Waals surface area contributed by atoms with Crippen LogP contribution in [-0.2, 0) is 9.59 Å². The average molecular weight is 445 g/mol. The molecular formula is C27H24FNO4. The van der Waals surface area contributed by atoms with E-state index in [1.54, 1.807) is 36.4 Å². The number of aryl methyl sites for hydroxylation is 1. The molecule has 0 bridgehead atoms. The highest BCUT2D eigenvalue weighted by Crippen LogP contribution is 2.43. The van der Waals surface area contributed by atoms with Crippen LogP contribution in [0.2, 0.25) is 0 Å². The normalized spacial score (nSPS) is 17.4. The molecule has 1 heterocycles. The molecule has 4 rings (SSSR count). The van der Waals surface area contributed by atoms with Gasteiger partial charge < -0.3 is 9.84 Å². The Morgan fingerprint density at radius 3 is 2.45 bits per heavy atom. The molecule has 3 aromatic rings. The van der Waals surface area contributed by atoms with E-state index in [0.29, 0.717) is 29.2 Å². The van der Waals surface area contributed by atoms with Crippen LogP contribution in [0.3, 0.4) is 0 Å². The summed E-state index contributed by atoms with van der Waals surface area (Å²) in [6, 6.07) is 18.6. The van der Waals surface area contributed by atoms with Gasteiger partial charge in [-0.25, -0.2) is 4.39 Å². The summed E-state index contributed by atoms with van der Waals surface area (Å²) >= 11 is 0. The molecule has 0 radical (unpaired) electrons. The molecular weight excluding hydrogens is 421 g/mol. The number of aliphatic hydroxyl groups excluding tert-OH is 1. The van der Waals surface area contributed by atoms with Crippen molar-refractivity contribution in [2.75, 3.05) is 11.5 Å². The quantitative estimate of drug-likeness (QED) is 0.307. The fraction of sp³-hybridized carbons (Fsp3) is 0.185. The number of Topliss-reactive ketones (excluding diaryl/α,β-unsaturated/α-hetero) is 1. The molecule has 5 nitrogen and oxygen atoms in total. The number of halogens is 1. The Hall–Kier alpha value is -3.93. The van der Waals surface area contributed by atoms with Crippen LogP contribution in [0.1, 0.15) is 36.1 Å². The molecule has 1 amide bonds. The minimum Gasteiger partial charge on any atom is -0.507 e. The van der Waals surface area contributed by atoms with Crippen molar-refractivity contribution in [3.63, 3.8) is 0 Å². The lowest BCUT2D eigenvalue weighted by Gasteiger charge is -2.26. The second-order valence-corrected chi connectivity index (χ2v) is 7.88. The number of para-hydroxylation sites is 1. The van der Waals surface area contributed by atoms with Crippen LogP contribution in [0.5, 0.6) is 5.75 Å². The predicted molar refractivity (Wildman–Crippen MR) is 125 cm³/mol. The van der Waals surface area contributed by atoms with E-state index < -0.39 is 23.5 Å². The minimum absolute atomic E-state index is 0.0532. The van der Waals surface area contributed by atoms with Crippen LogP contribution in [0.4, 0.5) is 10.1 Å². The highest BCUT2D eigenvalue weighted by atomic mass is 19.1. The SMILES string of the molecule is CCCOc1cccc(/C(O)=C2/C(=O)C(=O)N(c3ccccc3C)C2c2ccc(F)cc2)c1. The number of anilines is 1. The van der Waals surface area contributed by atoms with Gasteiger partial charge in [-0.1, -0.05) is 49.4 Å². The topological polar surface area (TPSA) is 66.8 Å². The van der Waals surface area contributed by atoms with Gasteiger partial charge in [0.1, 0.15) is 17.3 Å². The molecule has 0 aromatic heterocycles. The van der Waals surface area contributed by atoms with Gasteiger partial charge in [-0.2, -0.15) is 0 Å². The summed E-state index contributed by atoms with van der Waals surface area (Å²) in [5, 5.41) is 11.2. The van der Waals surface area contributed by atoms with E-state index in [1.165, 1.54) is 29.2 Å². The number of carbonyl (C=O) groups is 2. The number of aliphatic hydroxyl groups is 1. The highest BCUT2D eigenvalue weighted by molar-refractivity contribution is 6.51. The van der Waals surface area contributed by atoms with Crippen LogP contribution >= 0.6 is 0 Å². The van der Waals surface area contributed by atoms with Crippen molar-refractivity contribution >= 4 is 23.1 Å². The van der Waals surface area contributed by atoms with Crippen LogP contribution in [-0.4, -0.2) is 23.4 Å². The van der Waals surface area contributed by atoms with Crippen molar-refractivity contribution in [2.45, 2.75) is 26.3 Å². The first-order valence-corrected chi connectivity index (χ1v) is 10.8. The van der Waals surface area contributed by atoms with Gasteiger partial charge in [0.25, 0.3) is 11.7 Å². The molecule has 1 unspecified atom stereocenters. The number of benzene rings is 3. The third kappa shape index (κ3) is 4.24. The van der Waals surface area contributed by atoms with E-state index in [2.05, 4.69) is 0 Å². The van der Waals surface area contributed by atoms with Gasteiger partial charge >= 0.3 is 0 Å². The molecule has 0 spiro atoms. The standard InChI is InChI=1S/C27H24FNO4/c1-3-15-33-21-9-6-8-19(16-21)25(30)23-24(18-11-13-20(28)14-12-18)29(27(32)26(23)31)22-10-5-4-7-17(22)2/h4-14,16,24,30H,3,15H2,1-2H3/b25-23-. The maximum atomic E-state index is 13.7. The van der Waals surface area contributed by atoms with Gasteiger partial charge in [0.15, 0.2) is 0 Å². The van der Waals surface area contributed by atoms with E-state index in [9.17, 15) is 19.1 Å². The second-order valence-electron chi connectivity index (χ2n) is 7.88.